The lowest BCUT2D eigenvalue weighted by Gasteiger charge is -2.46. The fourth-order valence-corrected chi connectivity index (χ4v) is 2.49. The number of rotatable bonds is 6. The van der Waals surface area contributed by atoms with Crippen LogP contribution in [0.5, 0.6) is 0 Å². The van der Waals surface area contributed by atoms with Gasteiger partial charge < -0.3 is 39.7 Å². The van der Waals surface area contributed by atoms with Crippen LogP contribution in [-0.4, -0.2) is 104 Å². The van der Waals surface area contributed by atoms with Gasteiger partial charge in [0, 0.05) is 88.0 Å². The van der Waals surface area contributed by atoms with Crippen molar-refractivity contribution in [3.63, 3.8) is 0 Å². The lowest BCUT2D eigenvalue weighted by Crippen LogP contribution is -2.58. The number of nitrogens with two attached hydrogens (primary N) is 1. The second kappa shape index (κ2) is 14.0. The monoisotopic (exact) mass is 549 g/mol. The maximum Gasteiger partial charge on any atom is 0.410 e. The maximum atomic E-state index is 13.3. The molecule has 210 valence electrons. The number of methoxy groups -OCH3 is 2. The molecule has 0 aromatic rings. The normalized spacial score (nSPS) is 57.1. The van der Waals surface area contributed by atoms with Gasteiger partial charge in [0.25, 0.3) is 1.43 Å². The summed E-state index contributed by atoms with van der Waals surface area (Å²) in [6, 6.07) is -7.21. The van der Waals surface area contributed by atoms with E-state index in [1.807, 2.05) is 0 Å². The van der Waals surface area contributed by atoms with Crippen LogP contribution in [0.1, 0.15) is 93.8 Å². The highest BCUT2D eigenvalue weighted by atomic mass is 16.6. The first-order valence-electron chi connectivity index (χ1n) is 25.4. The van der Waals surface area contributed by atoms with Crippen LogP contribution in [0.15, 0.2) is 5.16 Å². The summed E-state index contributed by atoms with van der Waals surface area (Å²) in [4.78, 5) is 29.0. The van der Waals surface area contributed by atoms with Crippen molar-refractivity contribution in [3.05, 3.63) is 0 Å². The minimum atomic E-state index is -4.75. The van der Waals surface area contributed by atoms with Crippen molar-refractivity contribution in [3.8, 4) is 0 Å². The summed E-state index contributed by atoms with van der Waals surface area (Å²) in [7, 11) is -1.84. The number of oxime groups is 1. The summed E-state index contributed by atoms with van der Waals surface area (Å²) in [5, 5.41) is 7.32. The Morgan fingerprint density at radius 2 is 2.08 bits per heavy atom. The molecule has 0 radical (unpaired) electrons. The van der Waals surface area contributed by atoms with Crippen LogP contribution in [0, 0.1) is 17.2 Å². The summed E-state index contributed by atoms with van der Waals surface area (Å²) < 4.78 is 265. The predicted molar refractivity (Wildman–Crippen MR) is 138 cm³/mol. The molecule has 2 heterocycles. The fraction of sp³-hybridized carbons (Fsp3) is 0.880. The number of likely N-dealkylation sites (tertiary alicyclic amines) is 2. The minimum absolute atomic E-state index is 0.0369. The number of carboxylic acid groups (broad SMARTS) is 1. The van der Waals surface area contributed by atoms with Gasteiger partial charge in [-0.15, -0.1) is 0 Å². The Bertz CT molecular complexity index is 1860. The molecule has 2 fully saturated rings. The molecule has 2 aliphatic heterocycles. The number of piperidine rings is 2. The van der Waals surface area contributed by atoms with Crippen molar-refractivity contribution < 1.29 is 76.3 Å². The van der Waals surface area contributed by atoms with E-state index in [-0.39, 0.29) is 4.90 Å². The largest absolute Gasteiger partial charge is 0.465 e. The van der Waals surface area contributed by atoms with Crippen molar-refractivity contribution in [2.45, 2.75) is 71.7 Å². The molecule has 0 saturated carbocycles. The number of ether oxygens (including phenoxy) is 3. The molecule has 0 spiro atoms. The summed E-state index contributed by atoms with van der Waals surface area (Å²) in [6.07, 6.45) is -12.4. The maximum absolute atomic E-state index is 13.3. The third-order valence-corrected chi connectivity index (χ3v) is 3.65. The zero-order chi connectivity index (χ0) is 55.3. The predicted octanol–water partition coefficient (Wildman–Crippen LogP) is 3.27. The number of carbonyl (C=O) groups is 2. The minimum Gasteiger partial charge on any atom is -0.465 e. The number of nitrogens with zero attached hydrogens (tertiary/aromatic N) is 3. The number of hydrogen-bond acceptors (Lipinski definition) is 9. The molecular weight excluding hydrogens is 468 g/mol. The van der Waals surface area contributed by atoms with E-state index in [0.717, 1.165) is 14.2 Å². The molecule has 36 heavy (non-hydrogen) atoms. The van der Waals surface area contributed by atoms with Crippen LogP contribution in [0.3, 0.4) is 0 Å². The average molecular weight is 549 g/mol. The van der Waals surface area contributed by atoms with Gasteiger partial charge in [0.05, 0.1) is 34.5 Å². The first-order chi connectivity index (χ1) is 29.4. The van der Waals surface area contributed by atoms with Crippen LogP contribution in [0.2, 0.25) is 2.82 Å². The standard InChI is InChI=1S/C13H24N2O4.C12H24N2O3/c1-13(2,3)11-9(8-18-4)10(14-19-5)6-7-15(11)12(16)17;1-12(2,3)17-11(15)14-6-5-10(13)9(7-14)8-16-4/h9,11H,6-8H2,1-5H3,(H,16,17);9-10H,5-8,13H2,1-4H3/b14-10-;/i6D2,7D2,8D,9D,11D;1D3,2D3,3D3,4D3,5D2,6D2,7D2,8D2,9D,10D/hD3. The number of amides is 2. The molecule has 2 aliphatic rings. The van der Waals surface area contributed by atoms with E-state index in [0.29, 0.717) is 0 Å². The molecular formula is C25H48N4O7. The van der Waals surface area contributed by atoms with E-state index in [1.165, 1.54) is 20.8 Å². The van der Waals surface area contributed by atoms with Crippen molar-refractivity contribution in [2.75, 3.05) is 53.9 Å². The van der Waals surface area contributed by atoms with Crippen LogP contribution in [0.4, 0.5) is 9.59 Å². The van der Waals surface area contributed by atoms with E-state index >= 15 is 0 Å². The molecule has 0 aromatic heterocycles. The fourth-order valence-electron chi connectivity index (χ4n) is 2.49. The van der Waals surface area contributed by atoms with Crippen LogP contribution < -0.4 is 5.72 Å². The van der Waals surface area contributed by atoms with Gasteiger partial charge in [-0.2, -0.15) is 0 Å². The summed E-state index contributed by atoms with van der Waals surface area (Å²) in [5.74, 6) is -7.50. The van der Waals surface area contributed by atoms with Gasteiger partial charge in [0.1, 0.15) is 15.5 Å². The smallest absolute Gasteiger partial charge is 0.410 e. The molecule has 11 heteroatoms. The van der Waals surface area contributed by atoms with Gasteiger partial charge in [0.15, 0.2) is 0 Å². The molecule has 5 unspecified atom stereocenters. The highest BCUT2D eigenvalue weighted by molar-refractivity contribution is 5.89. The Morgan fingerprint density at radius 1 is 1.33 bits per heavy atom. The molecule has 0 aliphatic carbocycles. The molecule has 2 saturated heterocycles. The molecule has 5 atom stereocenters. The first kappa shape index (κ1) is 8.44. The lowest BCUT2D eigenvalue weighted by atomic mass is 9.73. The van der Waals surface area contributed by atoms with E-state index in [1.54, 1.807) is 0 Å². The van der Waals surface area contributed by atoms with Crippen LogP contribution >= 0.6 is 0 Å². The van der Waals surface area contributed by atoms with Crippen molar-refractivity contribution in [1.82, 2.24) is 9.80 Å². The van der Waals surface area contributed by atoms with Gasteiger partial charge in [-0.05, 0) is 32.3 Å². The number of hydrogen-bond donors (Lipinski definition) is 2. The Balaban J connectivity index is 0.000000740. The Labute approximate surface area is 261 Å². The zero-order valence-corrected chi connectivity index (χ0v) is 19.7. The Kier molecular flexibility index (Phi) is 3.28. The van der Waals surface area contributed by atoms with Gasteiger partial charge in [-0.25, -0.2) is 9.59 Å². The Morgan fingerprint density at radius 3 is 2.64 bits per heavy atom. The van der Waals surface area contributed by atoms with Gasteiger partial charge in [0.2, 0.25) is 0 Å². The topological polar surface area (TPSA) is 136 Å². The van der Waals surface area contributed by atoms with Crippen molar-refractivity contribution in [1.29, 1.82) is 1.43 Å². The van der Waals surface area contributed by atoms with Crippen molar-refractivity contribution in [2.24, 2.45) is 28.1 Å². The average Bonchev–Trinajstić information content (AvgIpc) is 3.09. The second-order valence-corrected chi connectivity index (χ2v) is 7.49. The summed E-state index contributed by atoms with van der Waals surface area (Å²) in [5.41, 5.74) is -8.16. The quantitative estimate of drug-likeness (QED) is 0.483. The molecule has 2 amide bonds. The molecule has 2 rings (SSSR count). The lowest BCUT2D eigenvalue weighted by molar-refractivity contribution is 0.00796. The number of carbonyl (C=O) groups excluding carboxylic acids is 1. The molecule has 0 aromatic carbocycles. The van der Waals surface area contributed by atoms with E-state index in [4.69, 9.17) is 48.7 Å². The second-order valence-electron chi connectivity index (χ2n) is 7.49. The SMILES string of the molecule is [2H]N([2H])C1([2H])C([2H])([2H])C([2H])([2H])N(C(=O)OC(C([2H])([2H])[2H])(C([2H])([2H])[2H])C([2H])([2H])[2H])C([2H])([2H])C1([2H])C([2H])([2H])OC([2H])([2H])[2H].[2H]OC(=O)N1C([2H])([2H])C([2H])([2H])/C(=N/OC)C([2H])(C([2H])OC)C1([2H])C(C)(C)C. The van der Waals surface area contributed by atoms with Gasteiger partial charge in [-0.1, -0.05) is 25.9 Å². The van der Waals surface area contributed by atoms with E-state index < -0.39 is 136 Å². The van der Waals surface area contributed by atoms with E-state index in [9.17, 15) is 9.59 Å². The molecule has 3 N–H and O–H groups in total. The van der Waals surface area contributed by atoms with Gasteiger partial charge in [-0.3, -0.25) is 0 Å². The summed E-state index contributed by atoms with van der Waals surface area (Å²) >= 11 is 0. The van der Waals surface area contributed by atoms with Crippen LogP contribution in [-0.2, 0) is 19.0 Å². The van der Waals surface area contributed by atoms with Gasteiger partial charge >= 0.3 is 12.2 Å². The summed E-state index contributed by atoms with van der Waals surface area (Å²) in [6.45, 7) is -27.9. The van der Waals surface area contributed by atoms with Crippen LogP contribution in [0.25, 0.3) is 1.43 Å². The Hall–Kier alpha value is -2.11. The van der Waals surface area contributed by atoms with Crippen molar-refractivity contribution >= 4 is 17.9 Å². The van der Waals surface area contributed by atoms with E-state index in [2.05, 4.69) is 24.6 Å². The third kappa shape index (κ3) is 9.74. The molecule has 0 bridgehead atoms. The zero-order valence-electron chi connectivity index (χ0n) is 51.7. The third-order valence-electron chi connectivity index (χ3n) is 3.65. The molecule has 11 nitrogen and oxygen atoms in total. The first-order valence-corrected chi connectivity index (χ1v) is 9.49. The highest BCUT2D eigenvalue weighted by Crippen LogP contribution is 2.35. The highest BCUT2D eigenvalue weighted by Gasteiger charge is 2.44.